The van der Waals surface area contributed by atoms with Crippen molar-refractivity contribution in [1.82, 2.24) is 0 Å². The molecule has 1 aliphatic rings. The molecule has 0 bridgehead atoms. The number of allylic oxidation sites excluding steroid dienone is 2. The number of carboxylic acids is 2. The summed E-state index contributed by atoms with van der Waals surface area (Å²) >= 11 is 0. The van der Waals surface area contributed by atoms with Crippen LogP contribution in [0.1, 0.15) is 51.2 Å². The lowest BCUT2D eigenvalue weighted by Gasteiger charge is -2.42. The third-order valence-corrected chi connectivity index (χ3v) is 6.20. The van der Waals surface area contributed by atoms with Gasteiger partial charge in [-0.3, -0.25) is 4.79 Å². The Labute approximate surface area is 177 Å². The van der Waals surface area contributed by atoms with Crippen molar-refractivity contribution in [2.75, 3.05) is 14.2 Å². The monoisotopic (exact) mass is 417 g/mol. The van der Waals surface area contributed by atoms with Gasteiger partial charge >= 0.3 is 11.9 Å². The van der Waals surface area contributed by atoms with Gasteiger partial charge in [0.25, 0.3) is 0 Å². The first-order valence-electron chi connectivity index (χ1n) is 10.1. The number of carbonyl (C=O) groups is 2. The number of methoxy groups -OCH3 is 2. The van der Waals surface area contributed by atoms with Gasteiger partial charge in [-0.15, -0.1) is 0 Å². The predicted molar refractivity (Wildman–Crippen MR) is 115 cm³/mol. The van der Waals surface area contributed by atoms with E-state index in [2.05, 4.69) is 0 Å². The molecule has 0 saturated carbocycles. The molecule has 0 heterocycles. The van der Waals surface area contributed by atoms with Crippen molar-refractivity contribution in [3.8, 4) is 11.5 Å². The Bertz CT molecular complexity index is 872. The van der Waals surface area contributed by atoms with Gasteiger partial charge < -0.3 is 25.4 Å². The highest BCUT2D eigenvalue weighted by molar-refractivity contribution is 6.01. The van der Waals surface area contributed by atoms with Gasteiger partial charge in [0.15, 0.2) is 0 Å². The lowest BCUT2D eigenvalue weighted by atomic mass is 9.59. The minimum absolute atomic E-state index is 0.0964. The fourth-order valence-corrected chi connectivity index (χ4v) is 4.59. The van der Waals surface area contributed by atoms with E-state index in [-0.39, 0.29) is 24.5 Å². The summed E-state index contributed by atoms with van der Waals surface area (Å²) in [6.45, 7) is 5.70. The number of ether oxygens (including phenoxy) is 2. The van der Waals surface area contributed by atoms with Crippen molar-refractivity contribution in [3.63, 3.8) is 0 Å². The maximum Gasteiger partial charge on any atom is 0.331 e. The summed E-state index contributed by atoms with van der Waals surface area (Å²) in [4.78, 5) is 24.8. The van der Waals surface area contributed by atoms with Gasteiger partial charge in [0.1, 0.15) is 16.9 Å². The molecule has 2 rings (SSSR count). The van der Waals surface area contributed by atoms with Crippen molar-refractivity contribution >= 4 is 17.5 Å². The van der Waals surface area contributed by atoms with E-state index in [1.54, 1.807) is 25.1 Å². The molecular formula is C23H31NO6. The predicted octanol–water partition coefficient (Wildman–Crippen LogP) is 3.86. The van der Waals surface area contributed by atoms with E-state index in [0.29, 0.717) is 46.6 Å². The van der Waals surface area contributed by atoms with Crippen LogP contribution < -0.4 is 15.2 Å². The smallest absolute Gasteiger partial charge is 0.331 e. The molecule has 0 spiro atoms. The lowest BCUT2D eigenvalue weighted by molar-refractivity contribution is -0.148. The minimum atomic E-state index is -1.41. The summed E-state index contributed by atoms with van der Waals surface area (Å²) in [5, 5.41) is 20.2. The number of hydrogen-bond donors (Lipinski definition) is 3. The van der Waals surface area contributed by atoms with Gasteiger partial charge in [-0.1, -0.05) is 32.8 Å². The molecule has 0 saturated heterocycles. The minimum Gasteiger partial charge on any atom is -0.497 e. The molecule has 1 aliphatic carbocycles. The van der Waals surface area contributed by atoms with Crippen LogP contribution >= 0.6 is 0 Å². The number of carboxylic acid groups (broad SMARTS) is 2. The van der Waals surface area contributed by atoms with Crippen LogP contribution in [-0.4, -0.2) is 36.4 Å². The summed E-state index contributed by atoms with van der Waals surface area (Å²) in [5.74, 6) is -1.42. The van der Waals surface area contributed by atoms with Crippen LogP contribution in [-0.2, 0) is 16.1 Å². The average Bonchev–Trinajstić information content (AvgIpc) is 2.73. The Balaban J connectivity index is 2.99. The first-order valence-corrected chi connectivity index (χ1v) is 10.1. The Kier molecular flexibility index (Phi) is 7.31. The maximum atomic E-state index is 12.9. The van der Waals surface area contributed by atoms with Gasteiger partial charge in [0, 0.05) is 30.2 Å². The van der Waals surface area contributed by atoms with Gasteiger partial charge in [-0.05, 0) is 35.6 Å². The van der Waals surface area contributed by atoms with Gasteiger partial charge in [-0.25, -0.2) is 4.79 Å². The Morgan fingerprint density at radius 1 is 1.17 bits per heavy atom. The molecular weight excluding hydrogens is 386 g/mol. The maximum absolute atomic E-state index is 12.9. The van der Waals surface area contributed by atoms with Crippen LogP contribution in [0.15, 0.2) is 29.4 Å². The topological polar surface area (TPSA) is 119 Å². The molecule has 0 radical (unpaired) electrons. The van der Waals surface area contributed by atoms with E-state index in [0.717, 1.165) is 0 Å². The Morgan fingerprint density at radius 2 is 1.80 bits per heavy atom. The van der Waals surface area contributed by atoms with Crippen molar-refractivity contribution in [1.29, 1.82) is 0 Å². The van der Waals surface area contributed by atoms with Crippen LogP contribution in [0.25, 0.3) is 5.57 Å². The van der Waals surface area contributed by atoms with Crippen LogP contribution in [0.2, 0.25) is 0 Å². The van der Waals surface area contributed by atoms with Crippen molar-refractivity contribution in [2.45, 2.75) is 46.6 Å². The van der Waals surface area contributed by atoms with E-state index in [1.165, 1.54) is 14.2 Å². The number of aliphatic carboxylic acids is 2. The number of hydrogen-bond acceptors (Lipinski definition) is 5. The molecule has 0 fully saturated rings. The largest absolute Gasteiger partial charge is 0.497 e. The molecule has 1 atom stereocenters. The SMILES string of the molecule is CCC(CC)C1(C(=O)O)CC(C(=O)O)=C(C)C=C1c1c(CN)cc(OC)cc1OC. The van der Waals surface area contributed by atoms with Crippen molar-refractivity contribution < 1.29 is 29.3 Å². The van der Waals surface area contributed by atoms with E-state index in [1.807, 2.05) is 13.8 Å². The quantitative estimate of drug-likeness (QED) is 0.558. The summed E-state index contributed by atoms with van der Waals surface area (Å²) < 4.78 is 11.0. The highest BCUT2D eigenvalue weighted by Crippen LogP contribution is 2.55. The summed E-state index contributed by atoms with van der Waals surface area (Å²) in [5.41, 5.74) is 7.07. The third kappa shape index (κ3) is 3.81. The standard InChI is InChI=1S/C23H31NO6/c1-6-15(7-2)23(22(27)28)11-17(21(25)26)13(3)8-18(23)20-14(12-24)9-16(29-4)10-19(20)30-5/h8-10,15H,6-7,11-12,24H2,1-5H3,(H,25,26)(H,27,28). The molecule has 0 aromatic heterocycles. The van der Waals surface area contributed by atoms with Gasteiger partial charge in [0.2, 0.25) is 0 Å². The molecule has 7 nitrogen and oxygen atoms in total. The summed E-state index contributed by atoms with van der Waals surface area (Å²) in [6.07, 6.45) is 2.76. The Hall–Kier alpha value is -2.80. The molecule has 1 aromatic rings. The summed E-state index contributed by atoms with van der Waals surface area (Å²) in [7, 11) is 3.04. The molecule has 164 valence electrons. The summed E-state index contributed by atoms with van der Waals surface area (Å²) in [6, 6.07) is 3.46. The zero-order valence-electron chi connectivity index (χ0n) is 18.2. The van der Waals surface area contributed by atoms with E-state index in [9.17, 15) is 19.8 Å². The second kappa shape index (κ2) is 9.34. The van der Waals surface area contributed by atoms with Gasteiger partial charge in [-0.2, -0.15) is 0 Å². The second-order valence-corrected chi connectivity index (χ2v) is 7.56. The van der Waals surface area contributed by atoms with E-state index >= 15 is 0 Å². The first-order chi connectivity index (χ1) is 14.2. The van der Waals surface area contributed by atoms with Gasteiger partial charge in [0.05, 0.1) is 14.2 Å². The zero-order valence-corrected chi connectivity index (χ0v) is 18.2. The number of nitrogens with two attached hydrogens (primary N) is 1. The molecule has 1 unspecified atom stereocenters. The molecule has 1 aromatic carbocycles. The van der Waals surface area contributed by atoms with Crippen molar-refractivity contribution in [2.24, 2.45) is 17.1 Å². The van der Waals surface area contributed by atoms with Crippen molar-refractivity contribution in [3.05, 3.63) is 40.5 Å². The Morgan fingerprint density at radius 3 is 2.23 bits per heavy atom. The third-order valence-electron chi connectivity index (χ3n) is 6.20. The second-order valence-electron chi connectivity index (χ2n) is 7.56. The highest BCUT2D eigenvalue weighted by Gasteiger charge is 2.52. The van der Waals surface area contributed by atoms with E-state index < -0.39 is 17.4 Å². The molecule has 30 heavy (non-hydrogen) atoms. The fraction of sp³-hybridized carbons (Fsp3) is 0.478. The number of rotatable bonds is 9. The normalized spacial score (nSPS) is 19.0. The fourth-order valence-electron chi connectivity index (χ4n) is 4.59. The molecule has 7 heteroatoms. The van der Waals surface area contributed by atoms with Crippen LogP contribution in [0.3, 0.4) is 0 Å². The average molecular weight is 418 g/mol. The van der Waals surface area contributed by atoms with Crippen LogP contribution in [0.4, 0.5) is 0 Å². The molecule has 0 aliphatic heterocycles. The first kappa shape index (κ1) is 23.5. The zero-order chi connectivity index (χ0) is 22.6. The van der Waals surface area contributed by atoms with E-state index in [4.69, 9.17) is 15.2 Å². The highest BCUT2D eigenvalue weighted by atomic mass is 16.5. The van der Waals surface area contributed by atoms with Crippen LogP contribution in [0, 0.1) is 11.3 Å². The lowest BCUT2D eigenvalue weighted by Crippen LogP contribution is -2.42. The number of benzene rings is 1. The molecule has 0 amide bonds. The van der Waals surface area contributed by atoms with Crippen LogP contribution in [0.5, 0.6) is 11.5 Å². The molecule has 4 N–H and O–H groups in total.